The van der Waals surface area contributed by atoms with Crippen LogP contribution in [0.25, 0.3) is 16.5 Å². The molecule has 1 aliphatic heterocycles. The molecule has 3 aromatic rings. The highest BCUT2D eigenvalue weighted by atomic mass is 32.2. The van der Waals surface area contributed by atoms with Crippen LogP contribution in [0.1, 0.15) is 20.8 Å². The van der Waals surface area contributed by atoms with Crippen molar-refractivity contribution >= 4 is 57.6 Å². The molecule has 1 aliphatic rings. The number of amides is 1. The highest BCUT2D eigenvalue weighted by Crippen LogP contribution is 2.40. The van der Waals surface area contributed by atoms with E-state index in [1.165, 1.54) is 18.9 Å². The predicted octanol–water partition coefficient (Wildman–Crippen LogP) is 5.63. The standard InChI is InChI=1S/C26H23NO6S3/c1-30-19-11-15(12-20(31-2)23(19)32-3)14-27-24(28)22(36-26(27)34)13-18-9-10-21(35-18)16-5-7-17(8-6-16)25(29)33-4/h5-13H,14H2,1-4H3. The van der Waals surface area contributed by atoms with E-state index in [1.54, 1.807) is 61.8 Å². The Hall–Kier alpha value is -3.34. The van der Waals surface area contributed by atoms with Gasteiger partial charge in [0.15, 0.2) is 11.5 Å². The second kappa shape index (κ2) is 11.2. The monoisotopic (exact) mass is 541 g/mol. The van der Waals surface area contributed by atoms with Crippen molar-refractivity contribution in [1.82, 2.24) is 4.90 Å². The van der Waals surface area contributed by atoms with Gasteiger partial charge in [-0.3, -0.25) is 9.69 Å². The quantitative estimate of drug-likeness (QED) is 0.206. The molecule has 1 aromatic heterocycles. The van der Waals surface area contributed by atoms with Crippen molar-refractivity contribution in [1.29, 1.82) is 0 Å². The number of thioether (sulfide) groups is 1. The molecule has 0 radical (unpaired) electrons. The van der Waals surface area contributed by atoms with Gasteiger partial charge in [-0.15, -0.1) is 11.3 Å². The molecule has 2 heterocycles. The summed E-state index contributed by atoms with van der Waals surface area (Å²) in [7, 11) is 5.99. The smallest absolute Gasteiger partial charge is 0.337 e. The number of esters is 1. The maximum Gasteiger partial charge on any atom is 0.337 e. The molecule has 1 amide bonds. The summed E-state index contributed by atoms with van der Waals surface area (Å²) in [6, 6.07) is 14.8. The number of ether oxygens (including phenoxy) is 4. The van der Waals surface area contributed by atoms with Gasteiger partial charge in [0.05, 0.1) is 45.5 Å². The summed E-state index contributed by atoms with van der Waals surface area (Å²) in [5, 5.41) is 0. The molecule has 1 saturated heterocycles. The van der Waals surface area contributed by atoms with Crippen LogP contribution in [0.4, 0.5) is 0 Å². The van der Waals surface area contributed by atoms with Gasteiger partial charge in [0, 0.05) is 9.75 Å². The number of hydrogen-bond donors (Lipinski definition) is 0. The van der Waals surface area contributed by atoms with Crippen LogP contribution in [-0.2, 0) is 16.1 Å². The van der Waals surface area contributed by atoms with E-state index in [9.17, 15) is 9.59 Å². The second-order valence-electron chi connectivity index (χ2n) is 7.57. The van der Waals surface area contributed by atoms with E-state index in [1.807, 2.05) is 30.3 Å². The fraction of sp³-hybridized carbons (Fsp3) is 0.192. The molecule has 0 unspecified atom stereocenters. The summed E-state index contributed by atoms with van der Waals surface area (Å²) in [4.78, 5) is 28.9. The molecule has 0 N–H and O–H groups in total. The average Bonchev–Trinajstić information content (AvgIpc) is 3.47. The van der Waals surface area contributed by atoms with E-state index in [0.717, 1.165) is 20.9 Å². The molecule has 2 aromatic carbocycles. The molecule has 0 spiro atoms. The first kappa shape index (κ1) is 25.7. The lowest BCUT2D eigenvalue weighted by Crippen LogP contribution is -2.27. The first-order valence-electron chi connectivity index (χ1n) is 10.7. The minimum absolute atomic E-state index is 0.156. The third-order valence-electron chi connectivity index (χ3n) is 5.43. The van der Waals surface area contributed by atoms with Gasteiger partial charge in [0.25, 0.3) is 5.91 Å². The van der Waals surface area contributed by atoms with Crippen molar-refractivity contribution < 1.29 is 28.5 Å². The number of methoxy groups -OCH3 is 4. The van der Waals surface area contributed by atoms with Gasteiger partial charge in [-0.05, 0) is 53.6 Å². The number of hydrogen-bond acceptors (Lipinski definition) is 9. The van der Waals surface area contributed by atoms with Crippen molar-refractivity contribution in [2.45, 2.75) is 6.54 Å². The van der Waals surface area contributed by atoms with Crippen LogP contribution in [0.5, 0.6) is 17.2 Å². The summed E-state index contributed by atoms with van der Waals surface area (Å²) < 4.78 is 21.4. The lowest BCUT2D eigenvalue weighted by atomic mass is 10.1. The highest BCUT2D eigenvalue weighted by Gasteiger charge is 2.32. The van der Waals surface area contributed by atoms with Crippen LogP contribution in [-0.4, -0.2) is 49.5 Å². The maximum absolute atomic E-state index is 13.2. The van der Waals surface area contributed by atoms with Gasteiger partial charge in [-0.1, -0.05) is 36.1 Å². The van der Waals surface area contributed by atoms with Gasteiger partial charge in [0.1, 0.15) is 4.32 Å². The Morgan fingerprint density at radius 2 is 1.64 bits per heavy atom. The third-order valence-corrected chi connectivity index (χ3v) is 7.89. The summed E-state index contributed by atoms with van der Waals surface area (Å²) in [5.74, 6) is 0.984. The van der Waals surface area contributed by atoms with Crippen molar-refractivity contribution in [3.8, 4) is 27.7 Å². The fourth-order valence-corrected chi connectivity index (χ4v) is 5.93. The largest absolute Gasteiger partial charge is 0.493 e. The number of carbonyl (C=O) groups is 2. The van der Waals surface area contributed by atoms with Crippen LogP contribution in [0.3, 0.4) is 0 Å². The predicted molar refractivity (Wildman–Crippen MR) is 146 cm³/mol. The Morgan fingerprint density at radius 1 is 0.972 bits per heavy atom. The van der Waals surface area contributed by atoms with Gasteiger partial charge in [0.2, 0.25) is 5.75 Å². The van der Waals surface area contributed by atoms with Crippen molar-refractivity contribution in [3.63, 3.8) is 0 Å². The Bertz CT molecular complexity index is 1320. The van der Waals surface area contributed by atoms with Gasteiger partial charge < -0.3 is 18.9 Å². The molecule has 4 rings (SSSR count). The van der Waals surface area contributed by atoms with Crippen LogP contribution < -0.4 is 14.2 Å². The zero-order valence-corrected chi connectivity index (χ0v) is 22.5. The summed E-state index contributed by atoms with van der Waals surface area (Å²) in [5.41, 5.74) is 2.27. The number of nitrogens with zero attached hydrogens (tertiary/aromatic N) is 1. The molecule has 10 heteroatoms. The minimum atomic E-state index is -0.373. The van der Waals surface area contributed by atoms with E-state index < -0.39 is 0 Å². The van der Waals surface area contributed by atoms with E-state index in [-0.39, 0.29) is 18.4 Å². The Kier molecular flexibility index (Phi) is 7.97. The van der Waals surface area contributed by atoms with Crippen LogP contribution in [0.15, 0.2) is 53.4 Å². The molecule has 186 valence electrons. The number of thiocarbonyl (C=S) groups is 1. The third kappa shape index (κ3) is 5.25. The maximum atomic E-state index is 13.2. The molecule has 0 saturated carbocycles. The molecule has 7 nitrogen and oxygen atoms in total. The van der Waals surface area contributed by atoms with E-state index >= 15 is 0 Å². The topological polar surface area (TPSA) is 74.3 Å². The number of carbonyl (C=O) groups excluding carboxylic acids is 2. The number of thiophene rings is 1. The first-order valence-corrected chi connectivity index (χ1v) is 12.8. The van der Waals surface area contributed by atoms with Gasteiger partial charge in [-0.2, -0.15) is 0 Å². The van der Waals surface area contributed by atoms with Crippen LogP contribution in [0, 0.1) is 0 Å². The van der Waals surface area contributed by atoms with Crippen LogP contribution in [0.2, 0.25) is 0 Å². The van der Waals surface area contributed by atoms with Gasteiger partial charge >= 0.3 is 5.97 Å². The highest BCUT2D eigenvalue weighted by molar-refractivity contribution is 8.26. The van der Waals surface area contributed by atoms with Crippen molar-refractivity contribution in [3.05, 3.63) is 69.4 Å². The fourth-order valence-electron chi connectivity index (χ4n) is 3.65. The lowest BCUT2D eigenvalue weighted by Gasteiger charge is -2.18. The zero-order chi connectivity index (χ0) is 25.8. The normalized spacial score (nSPS) is 14.3. The Morgan fingerprint density at radius 3 is 2.22 bits per heavy atom. The molecule has 0 aliphatic carbocycles. The van der Waals surface area contributed by atoms with Crippen LogP contribution >= 0.6 is 35.3 Å². The Labute approximate surface area is 222 Å². The molecule has 36 heavy (non-hydrogen) atoms. The zero-order valence-electron chi connectivity index (χ0n) is 20.0. The Balaban J connectivity index is 1.52. The molecular formula is C26H23NO6S3. The first-order chi connectivity index (χ1) is 17.4. The van der Waals surface area contributed by atoms with Crippen molar-refractivity contribution in [2.24, 2.45) is 0 Å². The van der Waals surface area contributed by atoms with Crippen molar-refractivity contribution in [2.75, 3.05) is 28.4 Å². The average molecular weight is 542 g/mol. The minimum Gasteiger partial charge on any atom is -0.493 e. The SMILES string of the molecule is COC(=O)c1ccc(-c2ccc(C=C3SC(=S)N(Cc4cc(OC)c(OC)c(OC)c4)C3=O)s2)cc1. The molecule has 0 atom stereocenters. The summed E-state index contributed by atoms with van der Waals surface area (Å²) in [6.45, 7) is 0.279. The molecule has 1 fully saturated rings. The second-order valence-corrected chi connectivity index (χ2v) is 10.4. The summed E-state index contributed by atoms with van der Waals surface area (Å²) >= 11 is 8.33. The molecule has 0 bridgehead atoms. The molecular weight excluding hydrogens is 518 g/mol. The number of benzene rings is 2. The summed E-state index contributed by atoms with van der Waals surface area (Å²) in [6.07, 6.45) is 1.85. The number of rotatable bonds is 8. The van der Waals surface area contributed by atoms with E-state index in [4.69, 9.17) is 31.2 Å². The van der Waals surface area contributed by atoms with E-state index in [2.05, 4.69) is 0 Å². The lowest BCUT2D eigenvalue weighted by molar-refractivity contribution is -0.122. The van der Waals surface area contributed by atoms with Gasteiger partial charge in [-0.25, -0.2) is 4.79 Å². The van der Waals surface area contributed by atoms with E-state index in [0.29, 0.717) is 32.0 Å².